The molecule has 0 aromatic heterocycles. The van der Waals surface area contributed by atoms with Gasteiger partial charge < -0.3 is 21.1 Å². The van der Waals surface area contributed by atoms with Crippen molar-refractivity contribution in [2.45, 2.75) is 6.92 Å². The lowest BCUT2D eigenvalue weighted by Crippen LogP contribution is -2.48. The number of carbonyl (C=O) groups is 2. The Bertz CT molecular complexity index is 776. The zero-order valence-corrected chi connectivity index (χ0v) is 15.2. The third-order valence-corrected chi connectivity index (χ3v) is 4.44. The van der Waals surface area contributed by atoms with Crippen LogP contribution in [-0.4, -0.2) is 24.9 Å². The van der Waals surface area contributed by atoms with Crippen molar-refractivity contribution in [3.8, 4) is 11.5 Å². The molecular weight excluding hydrogens is 354 g/mol. The molecule has 2 amide bonds. The van der Waals surface area contributed by atoms with Crippen LogP contribution in [0.3, 0.4) is 0 Å². The predicted molar refractivity (Wildman–Crippen MR) is 103 cm³/mol. The predicted octanol–water partition coefficient (Wildman–Crippen LogP) is 2.79. The van der Waals surface area contributed by atoms with Gasteiger partial charge in [-0.15, -0.1) is 12.4 Å². The Morgan fingerprint density at radius 1 is 1.15 bits per heavy atom. The molecule has 138 valence electrons. The Morgan fingerprint density at radius 2 is 1.81 bits per heavy atom. The molecule has 0 radical (unpaired) electrons. The summed E-state index contributed by atoms with van der Waals surface area (Å²) in [6.07, 6.45) is 0. The minimum absolute atomic E-state index is 0. The van der Waals surface area contributed by atoms with E-state index in [1.165, 1.54) is 0 Å². The first kappa shape index (κ1) is 19.8. The molecule has 6 nitrogen and oxygen atoms in total. The Balaban J connectivity index is 0.00000243. The average molecular weight is 376 g/mol. The second-order valence-corrected chi connectivity index (χ2v) is 6.18. The molecule has 1 fully saturated rings. The highest BCUT2D eigenvalue weighted by molar-refractivity contribution is 5.95. The summed E-state index contributed by atoms with van der Waals surface area (Å²) >= 11 is 0. The molecule has 2 aromatic carbocycles. The Labute approximate surface area is 158 Å². The highest BCUT2D eigenvalue weighted by Crippen LogP contribution is 2.26. The van der Waals surface area contributed by atoms with Crippen LogP contribution in [-0.2, 0) is 4.79 Å². The minimum Gasteiger partial charge on any atom is -0.457 e. The number of hydrogen-bond acceptors (Lipinski definition) is 4. The zero-order valence-electron chi connectivity index (χ0n) is 14.4. The number of primary amides is 1. The van der Waals surface area contributed by atoms with E-state index >= 15 is 0 Å². The number of amides is 2. The van der Waals surface area contributed by atoms with Crippen molar-refractivity contribution in [3.63, 3.8) is 0 Å². The van der Waals surface area contributed by atoms with Crippen molar-refractivity contribution in [1.82, 2.24) is 5.32 Å². The molecule has 4 N–H and O–H groups in total. The van der Waals surface area contributed by atoms with Crippen LogP contribution in [0.4, 0.5) is 5.69 Å². The molecule has 1 saturated heterocycles. The third-order valence-electron chi connectivity index (χ3n) is 4.44. The van der Waals surface area contributed by atoms with E-state index in [2.05, 4.69) is 10.6 Å². The van der Waals surface area contributed by atoms with Crippen LogP contribution >= 0.6 is 12.4 Å². The van der Waals surface area contributed by atoms with Crippen molar-refractivity contribution in [2.24, 2.45) is 17.6 Å². The maximum Gasteiger partial charge on any atom is 0.252 e. The van der Waals surface area contributed by atoms with Crippen LogP contribution in [0.25, 0.3) is 0 Å². The molecule has 0 saturated carbocycles. The molecule has 1 atom stereocenters. The molecule has 1 aliphatic rings. The Kier molecular flexibility index (Phi) is 6.60. The summed E-state index contributed by atoms with van der Waals surface area (Å²) in [5, 5.41) is 6.09. The molecule has 1 heterocycles. The number of nitrogens with one attached hydrogen (secondary N) is 2. The van der Waals surface area contributed by atoms with E-state index in [9.17, 15) is 9.59 Å². The number of rotatable bonds is 6. The van der Waals surface area contributed by atoms with Gasteiger partial charge in [-0.3, -0.25) is 9.59 Å². The van der Waals surface area contributed by atoms with Gasteiger partial charge in [0, 0.05) is 11.6 Å². The lowest BCUT2D eigenvalue weighted by atomic mass is 9.88. The molecule has 26 heavy (non-hydrogen) atoms. The summed E-state index contributed by atoms with van der Waals surface area (Å²) in [6.45, 7) is 3.72. The molecule has 2 aromatic rings. The van der Waals surface area contributed by atoms with Crippen LogP contribution in [0.1, 0.15) is 17.3 Å². The smallest absolute Gasteiger partial charge is 0.252 e. The van der Waals surface area contributed by atoms with Gasteiger partial charge >= 0.3 is 0 Å². The van der Waals surface area contributed by atoms with E-state index in [4.69, 9.17) is 10.5 Å². The number of ether oxygens (including phenoxy) is 1. The van der Waals surface area contributed by atoms with Gasteiger partial charge in [0.25, 0.3) is 5.91 Å². The fourth-order valence-corrected chi connectivity index (χ4v) is 2.63. The number of benzene rings is 2. The quantitative estimate of drug-likeness (QED) is 0.723. The van der Waals surface area contributed by atoms with Gasteiger partial charge in [-0.25, -0.2) is 0 Å². The van der Waals surface area contributed by atoms with Crippen LogP contribution in [0.15, 0.2) is 48.5 Å². The third kappa shape index (κ3) is 4.53. The SMILES string of the molecule is CC(C(=O)Nc1ccc(Oc2ccccc2C(N)=O)cc1)C1CNC1.Cl. The second-order valence-electron chi connectivity index (χ2n) is 6.18. The van der Waals surface area contributed by atoms with Crippen molar-refractivity contribution in [2.75, 3.05) is 18.4 Å². The standard InChI is InChI=1S/C19H21N3O3.ClH/c1-12(13-10-21-11-13)19(24)22-14-6-8-15(9-7-14)25-17-5-3-2-4-16(17)18(20)23;/h2-9,12-13,21H,10-11H2,1H3,(H2,20,23)(H,22,24);1H. The van der Waals surface area contributed by atoms with Gasteiger partial charge in [0.05, 0.1) is 5.56 Å². The molecule has 0 aliphatic carbocycles. The summed E-state index contributed by atoms with van der Waals surface area (Å²) in [5.74, 6) is 0.798. The zero-order chi connectivity index (χ0) is 17.8. The molecule has 3 rings (SSSR count). The molecule has 1 aliphatic heterocycles. The molecule has 7 heteroatoms. The molecular formula is C19H22ClN3O3. The van der Waals surface area contributed by atoms with E-state index in [0.717, 1.165) is 13.1 Å². The summed E-state index contributed by atoms with van der Waals surface area (Å²) in [5.41, 5.74) is 6.38. The van der Waals surface area contributed by atoms with Crippen molar-refractivity contribution in [3.05, 3.63) is 54.1 Å². The lowest BCUT2D eigenvalue weighted by Gasteiger charge is -2.31. The average Bonchev–Trinajstić information content (AvgIpc) is 2.55. The summed E-state index contributed by atoms with van der Waals surface area (Å²) < 4.78 is 5.72. The number of hydrogen-bond donors (Lipinski definition) is 3. The van der Waals surface area contributed by atoms with Crippen LogP contribution in [0, 0.1) is 11.8 Å². The van der Waals surface area contributed by atoms with Gasteiger partial charge in [0.1, 0.15) is 11.5 Å². The molecule has 1 unspecified atom stereocenters. The normalized spacial score (nSPS) is 14.5. The molecule has 0 spiro atoms. The fraction of sp³-hybridized carbons (Fsp3) is 0.263. The van der Waals surface area contributed by atoms with E-state index in [0.29, 0.717) is 28.7 Å². The highest BCUT2D eigenvalue weighted by Gasteiger charge is 2.28. The monoisotopic (exact) mass is 375 g/mol. The minimum atomic E-state index is -0.543. The largest absolute Gasteiger partial charge is 0.457 e. The van der Waals surface area contributed by atoms with Gasteiger partial charge in [-0.2, -0.15) is 0 Å². The number of anilines is 1. The van der Waals surface area contributed by atoms with Crippen molar-refractivity contribution in [1.29, 1.82) is 0 Å². The maximum atomic E-state index is 12.2. The molecule has 0 bridgehead atoms. The van der Waals surface area contributed by atoms with Crippen molar-refractivity contribution >= 4 is 29.9 Å². The van der Waals surface area contributed by atoms with E-state index < -0.39 is 5.91 Å². The fourth-order valence-electron chi connectivity index (χ4n) is 2.63. The van der Waals surface area contributed by atoms with Crippen molar-refractivity contribution < 1.29 is 14.3 Å². The van der Waals surface area contributed by atoms with Crippen LogP contribution in [0.5, 0.6) is 11.5 Å². The lowest BCUT2D eigenvalue weighted by molar-refractivity contribution is -0.121. The Hall–Kier alpha value is -2.57. The summed E-state index contributed by atoms with van der Waals surface area (Å²) in [4.78, 5) is 23.6. The number of nitrogens with two attached hydrogens (primary N) is 1. The highest BCUT2D eigenvalue weighted by atomic mass is 35.5. The van der Waals surface area contributed by atoms with E-state index in [1.807, 2.05) is 6.92 Å². The first-order valence-electron chi connectivity index (χ1n) is 8.23. The number of halogens is 1. The second kappa shape index (κ2) is 8.69. The van der Waals surface area contributed by atoms with Gasteiger partial charge in [-0.1, -0.05) is 19.1 Å². The summed E-state index contributed by atoms with van der Waals surface area (Å²) in [6, 6.07) is 13.8. The van der Waals surface area contributed by atoms with Gasteiger partial charge in [0.15, 0.2) is 0 Å². The van der Waals surface area contributed by atoms with Gasteiger partial charge in [-0.05, 0) is 55.4 Å². The van der Waals surface area contributed by atoms with Crippen LogP contribution < -0.4 is 21.1 Å². The maximum absolute atomic E-state index is 12.2. The van der Waals surface area contributed by atoms with Gasteiger partial charge in [0.2, 0.25) is 5.91 Å². The van der Waals surface area contributed by atoms with E-state index in [-0.39, 0.29) is 24.2 Å². The topological polar surface area (TPSA) is 93.4 Å². The Morgan fingerprint density at radius 3 is 2.38 bits per heavy atom. The summed E-state index contributed by atoms with van der Waals surface area (Å²) in [7, 11) is 0. The number of carbonyl (C=O) groups excluding carboxylic acids is 2. The first-order chi connectivity index (χ1) is 12.0. The number of para-hydroxylation sites is 1. The van der Waals surface area contributed by atoms with Crippen LogP contribution in [0.2, 0.25) is 0 Å². The van der Waals surface area contributed by atoms with E-state index in [1.54, 1.807) is 48.5 Å². The first-order valence-corrected chi connectivity index (χ1v) is 8.23.